The molecule has 2 N–H and O–H groups in total. The zero-order valence-corrected chi connectivity index (χ0v) is 15.9. The summed E-state index contributed by atoms with van der Waals surface area (Å²) in [5.41, 5.74) is 0.0245. The smallest absolute Gasteiger partial charge is 0.335 e. The maximum absolute atomic E-state index is 11.7. The van der Waals surface area contributed by atoms with Crippen molar-refractivity contribution < 1.29 is 41.9 Å². The number of carbonyl (C=O) groups excluding carboxylic acids is 1. The largest absolute Gasteiger partial charge is 0.478 e. The highest BCUT2D eigenvalue weighted by Crippen LogP contribution is 2.34. The molecular weight excluding hydrogens is 416 g/mol. The van der Waals surface area contributed by atoms with Gasteiger partial charge in [-0.05, 0) is 60.7 Å². The maximum Gasteiger partial charge on any atom is 0.335 e. The van der Waals surface area contributed by atoms with E-state index in [1.807, 2.05) is 0 Å². The Bertz CT molecular complexity index is 1170. The summed E-state index contributed by atoms with van der Waals surface area (Å²) in [6.45, 7) is 0.288. The van der Waals surface area contributed by atoms with Crippen molar-refractivity contribution in [3.05, 3.63) is 72.3 Å². The van der Waals surface area contributed by atoms with Gasteiger partial charge in [-0.15, -0.1) is 0 Å². The Morgan fingerprint density at radius 3 is 1.90 bits per heavy atom. The van der Waals surface area contributed by atoms with Crippen molar-refractivity contribution in [3.8, 4) is 28.7 Å². The van der Waals surface area contributed by atoms with Crippen molar-refractivity contribution >= 4 is 22.6 Å². The predicted molar refractivity (Wildman–Crippen MR) is 103 cm³/mol. The van der Waals surface area contributed by atoms with Gasteiger partial charge in [0.25, 0.3) is 16.6 Å². The molecule has 0 atom stereocenters. The summed E-state index contributed by atoms with van der Waals surface area (Å²) in [7, 11) is -4.60. The third kappa shape index (κ3) is 5.13. The number of ether oxygens (including phenoxy) is 3. The van der Waals surface area contributed by atoms with E-state index in [9.17, 15) is 22.6 Å². The van der Waals surface area contributed by atoms with Gasteiger partial charge in [-0.3, -0.25) is 9.35 Å². The fourth-order valence-electron chi connectivity index (χ4n) is 2.42. The molecule has 3 rings (SSSR count). The van der Waals surface area contributed by atoms with Crippen LogP contribution in [0.3, 0.4) is 0 Å². The van der Waals surface area contributed by atoms with Gasteiger partial charge < -0.3 is 19.3 Å². The van der Waals surface area contributed by atoms with Crippen molar-refractivity contribution in [2.24, 2.45) is 0 Å². The summed E-state index contributed by atoms with van der Waals surface area (Å²) in [4.78, 5) is 20.8. The zero-order chi connectivity index (χ0) is 21.7. The Kier molecular flexibility index (Phi) is 6.00. The van der Waals surface area contributed by atoms with E-state index < -0.39 is 21.0 Å². The average molecular weight is 430 g/mol. The summed E-state index contributed by atoms with van der Waals surface area (Å²) in [6, 6.07) is 15.0. The highest BCUT2D eigenvalue weighted by atomic mass is 32.2. The van der Waals surface area contributed by atoms with Gasteiger partial charge >= 0.3 is 5.97 Å². The van der Waals surface area contributed by atoms with Crippen LogP contribution in [0.15, 0.2) is 71.6 Å². The van der Waals surface area contributed by atoms with E-state index in [4.69, 9.17) is 14.6 Å². The molecule has 3 aromatic carbocycles. The van der Waals surface area contributed by atoms with Gasteiger partial charge in [0.1, 0.15) is 27.9 Å². The Labute approximate surface area is 170 Å². The van der Waals surface area contributed by atoms with Gasteiger partial charge in [-0.1, -0.05) is 0 Å². The van der Waals surface area contributed by atoms with Crippen molar-refractivity contribution in [2.45, 2.75) is 4.90 Å². The van der Waals surface area contributed by atoms with Crippen LogP contribution < -0.4 is 14.2 Å². The van der Waals surface area contributed by atoms with Gasteiger partial charge in [0.15, 0.2) is 5.75 Å². The molecule has 0 aliphatic carbocycles. The molecule has 0 bridgehead atoms. The van der Waals surface area contributed by atoms with Crippen LogP contribution in [0.2, 0.25) is 0 Å². The number of carboxylic acid groups (broad SMARTS) is 1. The Hall–Kier alpha value is -3.89. The minimum Gasteiger partial charge on any atom is -0.478 e. The van der Waals surface area contributed by atoms with Crippen LogP contribution in [0.25, 0.3) is 0 Å². The lowest BCUT2D eigenvalue weighted by atomic mass is 10.2. The summed E-state index contributed by atoms with van der Waals surface area (Å²) >= 11 is 0. The number of benzene rings is 3. The van der Waals surface area contributed by atoms with E-state index in [-0.39, 0.29) is 29.3 Å². The van der Waals surface area contributed by atoms with E-state index in [2.05, 4.69) is 4.74 Å². The third-order valence-electron chi connectivity index (χ3n) is 3.77. The molecule has 0 aliphatic rings. The molecule has 0 amide bonds. The first-order chi connectivity index (χ1) is 14.3. The molecule has 0 fully saturated rings. The fourth-order valence-corrected chi connectivity index (χ4v) is 3.01. The van der Waals surface area contributed by atoms with Gasteiger partial charge in [0, 0.05) is 6.07 Å². The third-order valence-corrected chi connectivity index (χ3v) is 4.66. The van der Waals surface area contributed by atoms with Crippen LogP contribution in [0.1, 0.15) is 10.4 Å². The molecule has 9 nitrogen and oxygen atoms in total. The molecule has 30 heavy (non-hydrogen) atoms. The molecule has 0 heterocycles. The van der Waals surface area contributed by atoms with Crippen molar-refractivity contribution in [1.82, 2.24) is 0 Å². The monoisotopic (exact) mass is 430 g/mol. The van der Waals surface area contributed by atoms with E-state index in [0.29, 0.717) is 11.5 Å². The first kappa shape index (κ1) is 20.8. The number of rotatable bonds is 8. The SMILES string of the molecule is O=COc1ccc(Oc2ccc(S(=O)(=O)O)c(Oc3ccc(C(=O)O)cc3)c2)cc1. The molecule has 0 spiro atoms. The Balaban J connectivity index is 1.89. The minimum absolute atomic E-state index is 0.0245. The molecule has 0 saturated heterocycles. The van der Waals surface area contributed by atoms with Gasteiger partial charge in [-0.2, -0.15) is 8.42 Å². The minimum atomic E-state index is -4.60. The average Bonchev–Trinajstić information content (AvgIpc) is 2.69. The van der Waals surface area contributed by atoms with Crippen molar-refractivity contribution in [1.29, 1.82) is 0 Å². The maximum atomic E-state index is 11.7. The topological polar surface area (TPSA) is 136 Å². The van der Waals surface area contributed by atoms with E-state index in [1.54, 1.807) is 0 Å². The Morgan fingerprint density at radius 1 is 0.800 bits per heavy atom. The van der Waals surface area contributed by atoms with Crippen LogP contribution in [0, 0.1) is 0 Å². The number of hydrogen-bond acceptors (Lipinski definition) is 7. The number of aromatic carboxylic acids is 1. The summed E-state index contributed by atoms with van der Waals surface area (Å²) in [5, 5.41) is 8.95. The lowest BCUT2D eigenvalue weighted by Crippen LogP contribution is -2.02. The van der Waals surface area contributed by atoms with Crippen molar-refractivity contribution in [2.75, 3.05) is 0 Å². The number of carbonyl (C=O) groups is 2. The standard InChI is InChI=1S/C20H14O9S/c21-12-27-14-5-7-15(8-6-14)28-17-9-10-19(30(24,25)26)18(11-17)29-16-3-1-13(2-4-16)20(22)23/h1-12H,(H,22,23)(H,24,25,26). The normalized spacial score (nSPS) is 10.8. The fraction of sp³-hybridized carbons (Fsp3) is 0. The molecular formula is C20H14O9S. The predicted octanol–water partition coefficient (Wildman–Crippen LogP) is 3.75. The van der Waals surface area contributed by atoms with Crippen LogP contribution in [-0.4, -0.2) is 30.5 Å². The first-order valence-corrected chi connectivity index (χ1v) is 9.71. The number of hydrogen-bond donors (Lipinski definition) is 2. The van der Waals surface area contributed by atoms with Crippen molar-refractivity contribution in [3.63, 3.8) is 0 Å². The van der Waals surface area contributed by atoms with Gasteiger partial charge in [0.2, 0.25) is 0 Å². The van der Waals surface area contributed by atoms with E-state index >= 15 is 0 Å². The first-order valence-electron chi connectivity index (χ1n) is 8.27. The van der Waals surface area contributed by atoms with Crippen LogP contribution in [-0.2, 0) is 14.9 Å². The summed E-state index contributed by atoms with van der Waals surface area (Å²) < 4.78 is 48.6. The second-order valence-corrected chi connectivity index (χ2v) is 7.19. The lowest BCUT2D eigenvalue weighted by molar-refractivity contribution is -0.120. The molecule has 0 saturated carbocycles. The molecule has 0 aliphatic heterocycles. The zero-order valence-electron chi connectivity index (χ0n) is 15.1. The Morgan fingerprint density at radius 2 is 1.33 bits per heavy atom. The molecule has 0 unspecified atom stereocenters. The van der Waals surface area contributed by atoms with Crippen LogP contribution in [0.5, 0.6) is 28.7 Å². The molecule has 154 valence electrons. The second-order valence-electron chi connectivity index (χ2n) is 5.80. The number of carboxylic acids is 1. The summed E-state index contributed by atoms with van der Waals surface area (Å²) in [6.07, 6.45) is 0. The van der Waals surface area contributed by atoms with Gasteiger partial charge in [0.05, 0.1) is 5.56 Å². The highest BCUT2D eigenvalue weighted by Gasteiger charge is 2.19. The molecule has 0 aromatic heterocycles. The van der Waals surface area contributed by atoms with Gasteiger partial charge in [-0.25, -0.2) is 4.79 Å². The second kappa shape index (κ2) is 8.64. The molecule has 0 radical (unpaired) electrons. The quantitative estimate of drug-likeness (QED) is 0.404. The van der Waals surface area contributed by atoms with E-state index in [0.717, 1.165) is 6.07 Å². The lowest BCUT2D eigenvalue weighted by Gasteiger charge is -2.12. The molecule has 3 aromatic rings. The van der Waals surface area contributed by atoms with E-state index in [1.165, 1.54) is 60.7 Å². The highest BCUT2D eigenvalue weighted by molar-refractivity contribution is 7.86. The molecule has 10 heteroatoms. The summed E-state index contributed by atoms with van der Waals surface area (Å²) in [5.74, 6) is -0.322. The van der Waals surface area contributed by atoms with Crippen LogP contribution >= 0.6 is 0 Å². The van der Waals surface area contributed by atoms with Crippen LogP contribution in [0.4, 0.5) is 0 Å².